The number of unbranched alkanes of at least 4 members (excludes halogenated alkanes) is 2. The molecule has 2 heterocycles. The number of hydrogen-bond donors (Lipinski definition) is 0. The zero-order chi connectivity index (χ0) is 41.9. The van der Waals surface area contributed by atoms with Gasteiger partial charge in [-0.15, -0.1) is 0 Å². The Morgan fingerprint density at radius 2 is 1.10 bits per heavy atom. The van der Waals surface area contributed by atoms with Crippen molar-refractivity contribution < 1.29 is 39.9 Å². The molecule has 58 heavy (non-hydrogen) atoms. The van der Waals surface area contributed by atoms with Crippen molar-refractivity contribution in [3.05, 3.63) is 130 Å². The van der Waals surface area contributed by atoms with E-state index in [1.54, 1.807) is 71.5 Å². The van der Waals surface area contributed by atoms with Gasteiger partial charge in [-0.25, -0.2) is 35.2 Å². The van der Waals surface area contributed by atoms with Gasteiger partial charge < -0.3 is 13.9 Å². The van der Waals surface area contributed by atoms with E-state index in [-0.39, 0.29) is 46.6 Å². The summed E-state index contributed by atoms with van der Waals surface area (Å²) in [6, 6.07) is 21.7. The number of halogens is 2. The van der Waals surface area contributed by atoms with Gasteiger partial charge in [0.1, 0.15) is 24.7 Å². The van der Waals surface area contributed by atoms with E-state index < -0.39 is 49.8 Å². The lowest BCUT2D eigenvalue weighted by Crippen LogP contribution is -2.22. The number of hydrogen-bond acceptors (Lipinski definition) is 7. The Morgan fingerprint density at radius 1 is 0.655 bits per heavy atom. The number of rotatable bonds is 16. The standard InChI is InChI=1S/C45H48F2N2O7S2/c1-6-7-12-21-57(52,53)42-15-10-8-13-32(42)22-36-30(4)48(40-19-17-34(46)24-38(36)40)26-44(50)56-45(51)27-49-31(5)37(39-25-35(47)18-20-41(39)49)23-33-14-9-11-16-43(33)58(54,55)28-29(2)3/h8-11,13-20,24-25,29H,6-7,12,21-23,26-28H2,1-5H3. The van der Waals surface area contributed by atoms with Crippen molar-refractivity contribution in [1.29, 1.82) is 0 Å². The van der Waals surface area contributed by atoms with Crippen LogP contribution in [0, 0.1) is 31.4 Å². The number of carbonyl (C=O) groups excluding carboxylic acids is 2. The molecular weight excluding hydrogens is 783 g/mol. The third-order valence-electron chi connectivity index (χ3n) is 10.6. The minimum atomic E-state index is -3.62. The minimum absolute atomic E-state index is 0.0142. The van der Waals surface area contributed by atoms with Crippen molar-refractivity contribution >= 4 is 53.4 Å². The molecule has 0 fully saturated rings. The highest BCUT2D eigenvalue weighted by Crippen LogP contribution is 2.33. The first-order chi connectivity index (χ1) is 27.5. The molecule has 0 bridgehead atoms. The van der Waals surface area contributed by atoms with Crippen LogP contribution < -0.4 is 0 Å². The molecule has 0 aliphatic carbocycles. The summed E-state index contributed by atoms with van der Waals surface area (Å²) in [6.45, 7) is 8.39. The van der Waals surface area contributed by atoms with Crippen LogP contribution in [0.5, 0.6) is 0 Å². The Kier molecular flexibility index (Phi) is 12.7. The van der Waals surface area contributed by atoms with Gasteiger partial charge in [0.25, 0.3) is 0 Å². The smallest absolute Gasteiger partial charge is 0.333 e. The molecular formula is C45H48F2N2O7S2. The monoisotopic (exact) mass is 830 g/mol. The third-order valence-corrected chi connectivity index (χ3v) is 14.6. The molecule has 306 valence electrons. The van der Waals surface area contributed by atoms with Crippen molar-refractivity contribution in [1.82, 2.24) is 9.13 Å². The van der Waals surface area contributed by atoms with Gasteiger partial charge in [0.05, 0.1) is 21.3 Å². The molecule has 6 rings (SSSR count). The van der Waals surface area contributed by atoms with Crippen LogP contribution in [0.3, 0.4) is 0 Å². The van der Waals surface area contributed by atoms with Crippen LogP contribution in [-0.2, 0) is 59.9 Å². The van der Waals surface area contributed by atoms with E-state index in [1.165, 1.54) is 36.4 Å². The van der Waals surface area contributed by atoms with Gasteiger partial charge in [-0.2, -0.15) is 0 Å². The highest BCUT2D eigenvalue weighted by atomic mass is 32.2. The molecule has 13 heteroatoms. The minimum Gasteiger partial charge on any atom is -0.390 e. The van der Waals surface area contributed by atoms with E-state index in [2.05, 4.69) is 0 Å². The average Bonchev–Trinajstić information content (AvgIpc) is 3.55. The number of nitrogens with zero attached hydrogens (tertiary/aromatic N) is 2. The summed E-state index contributed by atoms with van der Waals surface area (Å²) in [7, 11) is -7.21. The van der Waals surface area contributed by atoms with Crippen LogP contribution >= 0.6 is 0 Å². The van der Waals surface area contributed by atoms with Crippen LogP contribution in [-0.4, -0.2) is 49.4 Å². The zero-order valence-electron chi connectivity index (χ0n) is 33.3. The number of ether oxygens (including phenoxy) is 1. The highest BCUT2D eigenvalue weighted by Gasteiger charge is 2.26. The van der Waals surface area contributed by atoms with Gasteiger partial charge in [0.15, 0.2) is 19.7 Å². The number of aromatic nitrogens is 2. The predicted molar refractivity (Wildman–Crippen MR) is 221 cm³/mol. The molecule has 0 spiro atoms. The Morgan fingerprint density at radius 3 is 1.55 bits per heavy atom. The lowest BCUT2D eigenvalue weighted by atomic mass is 10.0. The van der Waals surface area contributed by atoms with E-state index in [1.807, 2.05) is 20.8 Å². The van der Waals surface area contributed by atoms with Crippen molar-refractivity contribution in [2.45, 2.75) is 89.6 Å². The molecule has 0 saturated heterocycles. The molecule has 9 nitrogen and oxygen atoms in total. The predicted octanol–water partition coefficient (Wildman–Crippen LogP) is 8.84. The van der Waals surface area contributed by atoms with Crippen molar-refractivity contribution in [2.24, 2.45) is 5.92 Å². The second-order valence-electron chi connectivity index (χ2n) is 15.2. The summed E-state index contributed by atoms with van der Waals surface area (Å²) in [5, 5.41) is 1.000. The number of benzene rings is 4. The van der Waals surface area contributed by atoms with Gasteiger partial charge in [-0.1, -0.05) is 70.0 Å². The molecule has 0 unspecified atom stereocenters. The molecule has 0 aliphatic rings. The maximum atomic E-state index is 14.7. The Hall–Kier alpha value is -5.14. The molecule has 0 atom stereocenters. The summed E-state index contributed by atoms with van der Waals surface area (Å²) in [5.41, 5.74) is 4.53. The van der Waals surface area contributed by atoms with Gasteiger partial charge in [0.2, 0.25) is 0 Å². The number of esters is 2. The SMILES string of the molecule is CCCCCS(=O)(=O)c1ccccc1Cc1c(C)n(CC(=O)OC(=O)Cn2c(C)c(Cc3ccccc3S(=O)(=O)CC(C)C)c3cc(F)ccc32)c2ccc(F)cc12. The van der Waals surface area contributed by atoms with Gasteiger partial charge in [0, 0.05) is 46.0 Å². The fourth-order valence-electron chi connectivity index (χ4n) is 7.82. The van der Waals surface area contributed by atoms with Crippen molar-refractivity contribution in [3.63, 3.8) is 0 Å². The lowest BCUT2D eigenvalue weighted by Gasteiger charge is -2.13. The van der Waals surface area contributed by atoms with Crippen LogP contribution in [0.1, 0.15) is 73.7 Å². The largest absolute Gasteiger partial charge is 0.390 e. The summed E-state index contributed by atoms with van der Waals surface area (Å²) >= 11 is 0. The van der Waals surface area contributed by atoms with E-state index in [0.717, 1.165) is 12.8 Å². The summed E-state index contributed by atoms with van der Waals surface area (Å²) in [5.74, 6) is -2.86. The van der Waals surface area contributed by atoms with Crippen LogP contribution in [0.4, 0.5) is 8.78 Å². The zero-order valence-corrected chi connectivity index (χ0v) is 35.0. The molecule has 4 aromatic carbocycles. The number of sulfone groups is 2. The normalized spacial score (nSPS) is 12.2. The van der Waals surface area contributed by atoms with Gasteiger partial charge in [-0.05, 0) is 97.0 Å². The molecule has 0 amide bonds. The van der Waals surface area contributed by atoms with Crippen molar-refractivity contribution in [3.8, 4) is 0 Å². The summed E-state index contributed by atoms with van der Waals surface area (Å²) in [4.78, 5) is 27.3. The van der Waals surface area contributed by atoms with E-state index in [0.29, 0.717) is 61.9 Å². The van der Waals surface area contributed by atoms with Crippen LogP contribution in [0.2, 0.25) is 0 Å². The molecule has 0 N–H and O–H groups in total. The fraction of sp³-hybridized carbons (Fsp3) is 0.333. The first-order valence-corrected chi connectivity index (χ1v) is 22.7. The Bertz CT molecular complexity index is 2750. The second-order valence-corrected chi connectivity index (χ2v) is 19.3. The van der Waals surface area contributed by atoms with E-state index in [4.69, 9.17) is 4.74 Å². The fourth-order valence-corrected chi connectivity index (χ4v) is 11.3. The maximum Gasteiger partial charge on any atom is 0.333 e. The lowest BCUT2D eigenvalue weighted by molar-refractivity contribution is -0.160. The summed E-state index contributed by atoms with van der Waals surface area (Å²) in [6.07, 6.45) is 2.52. The highest BCUT2D eigenvalue weighted by molar-refractivity contribution is 7.91. The maximum absolute atomic E-state index is 14.7. The Labute approximate surface area is 338 Å². The summed E-state index contributed by atoms with van der Waals surface area (Å²) < 4.78 is 91.4. The average molecular weight is 831 g/mol. The molecule has 0 radical (unpaired) electrons. The topological polar surface area (TPSA) is 122 Å². The number of fused-ring (bicyclic) bond motifs is 2. The molecule has 0 saturated carbocycles. The molecule has 0 aliphatic heterocycles. The van der Waals surface area contributed by atoms with E-state index >= 15 is 0 Å². The van der Waals surface area contributed by atoms with Gasteiger partial charge in [-0.3, -0.25) is 0 Å². The van der Waals surface area contributed by atoms with Crippen molar-refractivity contribution in [2.75, 3.05) is 11.5 Å². The second kappa shape index (κ2) is 17.4. The Balaban J connectivity index is 1.26. The molecule has 6 aromatic rings. The first-order valence-electron chi connectivity index (χ1n) is 19.4. The number of carbonyl (C=O) groups is 2. The molecule has 2 aromatic heterocycles. The quantitative estimate of drug-likeness (QED) is 0.0543. The first kappa shape index (κ1) is 42.5. The van der Waals surface area contributed by atoms with Crippen LogP contribution in [0.15, 0.2) is 94.7 Å². The third kappa shape index (κ3) is 9.10. The van der Waals surface area contributed by atoms with E-state index in [9.17, 15) is 35.2 Å². The van der Waals surface area contributed by atoms with Gasteiger partial charge >= 0.3 is 11.9 Å². The van der Waals surface area contributed by atoms with Crippen LogP contribution in [0.25, 0.3) is 21.8 Å².